The quantitative estimate of drug-likeness (QED) is 0.523. The highest BCUT2D eigenvalue weighted by atomic mass is 32.2. The smallest absolute Gasteiger partial charge is 0.261 e. The van der Waals surface area contributed by atoms with Gasteiger partial charge in [-0.15, -0.1) is 0 Å². The summed E-state index contributed by atoms with van der Waals surface area (Å²) in [5, 5.41) is 3.28. The van der Waals surface area contributed by atoms with Gasteiger partial charge in [0.2, 0.25) is 0 Å². The summed E-state index contributed by atoms with van der Waals surface area (Å²) in [7, 11) is -7.33. The van der Waals surface area contributed by atoms with Crippen LogP contribution >= 0.6 is 0 Å². The molecule has 1 aliphatic rings. The van der Waals surface area contributed by atoms with Gasteiger partial charge < -0.3 is 5.32 Å². The second-order valence-corrected chi connectivity index (χ2v) is 6.21. The molecule has 0 aromatic carbocycles. The van der Waals surface area contributed by atoms with Crippen molar-refractivity contribution in [1.82, 2.24) is 5.32 Å². The van der Waals surface area contributed by atoms with Crippen LogP contribution < -0.4 is 5.32 Å². The Hall–Kier alpha value is -0.220. The zero-order valence-corrected chi connectivity index (χ0v) is 11.0. The Morgan fingerprint density at radius 3 is 1.12 bits per heavy atom. The molecular formula is C7H19NO6S2. The van der Waals surface area contributed by atoms with Gasteiger partial charge >= 0.3 is 0 Å². The minimum atomic E-state index is -3.67. The first-order chi connectivity index (χ1) is 7.00. The van der Waals surface area contributed by atoms with Crippen LogP contribution in [-0.4, -0.2) is 51.5 Å². The van der Waals surface area contributed by atoms with Crippen LogP contribution in [0.2, 0.25) is 0 Å². The molecule has 100 valence electrons. The molecule has 0 aromatic heterocycles. The first-order valence-electron chi connectivity index (χ1n) is 4.56. The maximum Gasteiger partial charge on any atom is 0.261 e. The zero-order valence-electron chi connectivity index (χ0n) is 9.38. The highest BCUT2D eigenvalue weighted by Crippen LogP contribution is 1.96. The average molecular weight is 277 g/mol. The third-order valence-corrected chi connectivity index (χ3v) is 1.21. The molecular weight excluding hydrogens is 258 g/mol. The van der Waals surface area contributed by atoms with Gasteiger partial charge in [-0.2, -0.15) is 16.8 Å². The summed E-state index contributed by atoms with van der Waals surface area (Å²) in [4.78, 5) is 0. The monoisotopic (exact) mass is 277 g/mol. The van der Waals surface area contributed by atoms with E-state index in [9.17, 15) is 16.8 Å². The Balaban J connectivity index is 0. The highest BCUT2D eigenvalue weighted by Gasteiger charge is 1.93. The van der Waals surface area contributed by atoms with Crippen LogP contribution in [0, 0.1) is 0 Å². The Labute approximate surface area is 96.7 Å². The molecule has 1 fully saturated rings. The van der Waals surface area contributed by atoms with Gasteiger partial charge in [-0.05, 0) is 25.9 Å². The van der Waals surface area contributed by atoms with E-state index < -0.39 is 20.2 Å². The number of nitrogens with one attached hydrogen (secondary N) is 1. The summed E-state index contributed by atoms with van der Waals surface area (Å²) in [5.41, 5.74) is 0. The van der Waals surface area contributed by atoms with E-state index in [1.54, 1.807) is 0 Å². The van der Waals surface area contributed by atoms with Crippen molar-refractivity contribution in [2.45, 2.75) is 19.3 Å². The molecule has 0 aromatic rings. The second kappa shape index (κ2) is 8.88. The van der Waals surface area contributed by atoms with Crippen LogP contribution in [0.15, 0.2) is 0 Å². The Bertz CT molecular complexity index is 286. The Morgan fingerprint density at radius 1 is 0.812 bits per heavy atom. The van der Waals surface area contributed by atoms with Crippen molar-refractivity contribution in [3.8, 4) is 0 Å². The fraction of sp³-hybridized carbons (Fsp3) is 1.00. The van der Waals surface area contributed by atoms with Gasteiger partial charge in [-0.25, -0.2) is 0 Å². The highest BCUT2D eigenvalue weighted by molar-refractivity contribution is 7.85. The molecule has 1 saturated heterocycles. The topological polar surface area (TPSA) is 121 Å². The van der Waals surface area contributed by atoms with Crippen LogP contribution in [0.4, 0.5) is 0 Å². The first-order valence-corrected chi connectivity index (χ1v) is 8.25. The van der Waals surface area contributed by atoms with E-state index in [2.05, 4.69) is 5.32 Å². The third kappa shape index (κ3) is 67.4. The lowest BCUT2D eigenvalue weighted by Crippen LogP contribution is -2.21. The van der Waals surface area contributed by atoms with Gasteiger partial charge in [0.15, 0.2) is 0 Å². The van der Waals surface area contributed by atoms with E-state index in [0.29, 0.717) is 12.5 Å². The Kier molecular flexibility index (Phi) is 10.1. The van der Waals surface area contributed by atoms with Gasteiger partial charge in [0.1, 0.15) is 0 Å². The van der Waals surface area contributed by atoms with Crippen LogP contribution in [0.3, 0.4) is 0 Å². The van der Waals surface area contributed by atoms with Gasteiger partial charge in [0.05, 0.1) is 12.5 Å². The van der Waals surface area contributed by atoms with E-state index in [-0.39, 0.29) is 0 Å². The molecule has 0 saturated carbocycles. The zero-order chi connectivity index (χ0) is 13.2. The molecule has 0 unspecified atom stereocenters. The molecule has 0 radical (unpaired) electrons. The maximum absolute atomic E-state index is 9.19. The van der Waals surface area contributed by atoms with Crippen LogP contribution in [0.5, 0.6) is 0 Å². The van der Waals surface area contributed by atoms with Crippen molar-refractivity contribution in [2.24, 2.45) is 0 Å². The van der Waals surface area contributed by atoms with Gasteiger partial charge in [0, 0.05) is 0 Å². The second-order valence-electron chi connectivity index (χ2n) is 3.28. The van der Waals surface area contributed by atoms with Crippen LogP contribution in [0.25, 0.3) is 0 Å². The summed E-state index contributed by atoms with van der Waals surface area (Å²) in [6.07, 6.45) is 5.65. The summed E-state index contributed by atoms with van der Waals surface area (Å²) in [6, 6.07) is 0. The number of hydrogen-bond donors (Lipinski definition) is 3. The van der Waals surface area contributed by atoms with Crippen molar-refractivity contribution >= 4 is 20.2 Å². The summed E-state index contributed by atoms with van der Waals surface area (Å²) in [5.74, 6) is 0. The lowest BCUT2D eigenvalue weighted by molar-refractivity contribution is 0.488. The molecule has 9 heteroatoms. The van der Waals surface area contributed by atoms with Gasteiger partial charge in [-0.3, -0.25) is 9.11 Å². The van der Waals surface area contributed by atoms with Gasteiger partial charge in [-0.1, -0.05) is 6.42 Å². The maximum atomic E-state index is 9.19. The van der Waals surface area contributed by atoms with Crippen molar-refractivity contribution < 1.29 is 25.9 Å². The third-order valence-electron chi connectivity index (χ3n) is 1.21. The SMILES string of the molecule is C1CCNCC1.CS(=O)(=O)O.CS(=O)(=O)O. The fourth-order valence-electron chi connectivity index (χ4n) is 0.802. The normalized spacial score (nSPS) is 16.2. The largest absolute Gasteiger partial charge is 0.317 e. The minimum Gasteiger partial charge on any atom is -0.317 e. The fourth-order valence-corrected chi connectivity index (χ4v) is 0.802. The molecule has 0 bridgehead atoms. The lowest BCUT2D eigenvalue weighted by Gasteiger charge is -2.08. The van der Waals surface area contributed by atoms with Crippen molar-refractivity contribution in [3.05, 3.63) is 0 Å². The van der Waals surface area contributed by atoms with Crippen LogP contribution in [0.1, 0.15) is 19.3 Å². The Morgan fingerprint density at radius 2 is 1.06 bits per heavy atom. The molecule has 0 amide bonds. The molecule has 1 heterocycles. The molecule has 1 aliphatic heterocycles. The summed E-state index contributed by atoms with van der Waals surface area (Å²) < 4.78 is 51.7. The summed E-state index contributed by atoms with van der Waals surface area (Å²) >= 11 is 0. The van der Waals surface area contributed by atoms with E-state index in [4.69, 9.17) is 9.11 Å². The number of piperidine rings is 1. The number of hydrogen-bond acceptors (Lipinski definition) is 5. The van der Waals surface area contributed by atoms with E-state index in [0.717, 1.165) is 0 Å². The average Bonchev–Trinajstić information content (AvgIpc) is 2.01. The van der Waals surface area contributed by atoms with E-state index in [1.165, 1.54) is 32.4 Å². The molecule has 0 aliphatic carbocycles. The predicted molar refractivity (Wildman–Crippen MR) is 61.7 cm³/mol. The van der Waals surface area contributed by atoms with Crippen molar-refractivity contribution in [2.75, 3.05) is 25.6 Å². The van der Waals surface area contributed by atoms with Gasteiger partial charge in [0.25, 0.3) is 20.2 Å². The molecule has 7 nitrogen and oxygen atoms in total. The standard InChI is InChI=1S/C5H11N.2CH4O3S/c1-2-4-6-5-3-1;2*1-5(2,3)4/h6H,1-5H2;2*1H3,(H,2,3,4). The molecule has 1 rings (SSSR count). The first kappa shape index (κ1) is 18.2. The number of rotatable bonds is 0. The van der Waals surface area contributed by atoms with E-state index >= 15 is 0 Å². The predicted octanol–water partition coefficient (Wildman–Crippen LogP) is -0.232. The molecule has 0 spiro atoms. The molecule has 3 N–H and O–H groups in total. The molecule has 0 atom stereocenters. The molecule has 16 heavy (non-hydrogen) atoms. The lowest BCUT2D eigenvalue weighted by atomic mass is 10.2. The minimum absolute atomic E-state index is 0.715. The summed E-state index contributed by atoms with van der Waals surface area (Å²) in [6.45, 7) is 2.50. The van der Waals surface area contributed by atoms with Crippen LogP contribution in [-0.2, 0) is 20.2 Å². The van der Waals surface area contributed by atoms with Crippen molar-refractivity contribution in [3.63, 3.8) is 0 Å². The van der Waals surface area contributed by atoms with Crippen molar-refractivity contribution in [1.29, 1.82) is 0 Å². The van der Waals surface area contributed by atoms with E-state index in [1.807, 2.05) is 0 Å².